The van der Waals surface area contributed by atoms with E-state index in [0.29, 0.717) is 35.4 Å². The number of fused-ring (bicyclic) bond motifs is 1. The molecule has 36 heavy (non-hydrogen) atoms. The minimum Gasteiger partial charge on any atom is -0.405 e. The second-order valence-corrected chi connectivity index (χ2v) is 8.81. The van der Waals surface area contributed by atoms with E-state index < -0.39 is 12.1 Å². The van der Waals surface area contributed by atoms with E-state index in [2.05, 4.69) is 25.7 Å². The van der Waals surface area contributed by atoms with E-state index in [1.54, 1.807) is 18.5 Å². The number of nitrogens with zero attached hydrogens (tertiary/aromatic N) is 5. The van der Waals surface area contributed by atoms with Crippen LogP contribution in [0.3, 0.4) is 0 Å². The summed E-state index contributed by atoms with van der Waals surface area (Å²) < 4.78 is 44.1. The van der Waals surface area contributed by atoms with E-state index in [1.807, 2.05) is 37.1 Å². The summed E-state index contributed by atoms with van der Waals surface area (Å²) in [6.07, 6.45) is 0.0683. The zero-order chi connectivity index (χ0) is 25.4. The smallest absolute Gasteiger partial charge is 0.405 e. The van der Waals surface area contributed by atoms with Crippen LogP contribution in [0.1, 0.15) is 5.56 Å². The third kappa shape index (κ3) is 4.90. The summed E-state index contributed by atoms with van der Waals surface area (Å²) in [7, 11) is 1.98. The molecular formula is C26H23F3N5O2. The lowest BCUT2D eigenvalue weighted by Gasteiger charge is -2.35. The van der Waals surface area contributed by atoms with Crippen molar-refractivity contribution in [3.8, 4) is 22.6 Å². The average molecular weight is 494 g/mol. The number of anilines is 1. The Hall–Kier alpha value is -3.92. The molecule has 0 atom stereocenters. The van der Waals surface area contributed by atoms with Crippen LogP contribution in [-0.2, 0) is 0 Å². The van der Waals surface area contributed by atoms with Gasteiger partial charge in [-0.05, 0) is 49.4 Å². The molecule has 0 aliphatic carbocycles. The molecule has 1 saturated heterocycles. The summed E-state index contributed by atoms with van der Waals surface area (Å²) in [5.74, 6) is -0.460. The number of benzene rings is 2. The molecule has 0 saturated carbocycles. The topological polar surface area (TPSA) is 63.5 Å². The number of alkyl halides is 3. The van der Waals surface area contributed by atoms with Gasteiger partial charge in [0.1, 0.15) is 12.1 Å². The number of ether oxygens (including phenoxy) is 1. The Kier molecular flexibility index (Phi) is 6.13. The SMILES string of the molecule is Cc1cncc(-c2ccc3c(=O)n(-c4c[c]c(OC(F)(F)F)cc4N4CCN(C)CC4)cnc3c2)c1. The van der Waals surface area contributed by atoms with Crippen molar-refractivity contribution in [1.82, 2.24) is 19.4 Å². The zero-order valence-corrected chi connectivity index (χ0v) is 19.7. The number of aryl methyl sites for hydroxylation is 1. The van der Waals surface area contributed by atoms with Crippen LogP contribution in [0.4, 0.5) is 18.9 Å². The molecule has 2 aromatic carbocycles. The number of hydrogen-bond acceptors (Lipinski definition) is 6. The van der Waals surface area contributed by atoms with Gasteiger partial charge in [-0.3, -0.25) is 14.3 Å². The Morgan fingerprint density at radius 2 is 1.78 bits per heavy atom. The van der Waals surface area contributed by atoms with Crippen LogP contribution in [0, 0.1) is 13.0 Å². The molecule has 1 aliphatic rings. The van der Waals surface area contributed by atoms with Crippen molar-refractivity contribution in [2.24, 2.45) is 0 Å². The molecule has 2 aromatic heterocycles. The van der Waals surface area contributed by atoms with E-state index in [9.17, 15) is 18.0 Å². The summed E-state index contributed by atoms with van der Waals surface area (Å²) in [4.78, 5) is 26.3. The van der Waals surface area contributed by atoms with E-state index in [1.165, 1.54) is 23.0 Å². The molecule has 1 fully saturated rings. The Morgan fingerprint density at radius 1 is 1.00 bits per heavy atom. The van der Waals surface area contributed by atoms with Crippen molar-refractivity contribution < 1.29 is 17.9 Å². The van der Waals surface area contributed by atoms with Gasteiger partial charge in [0.05, 0.1) is 22.3 Å². The third-order valence-electron chi connectivity index (χ3n) is 6.18. The highest BCUT2D eigenvalue weighted by Gasteiger charge is 2.32. The van der Waals surface area contributed by atoms with E-state index in [4.69, 9.17) is 0 Å². The van der Waals surface area contributed by atoms with E-state index in [0.717, 1.165) is 29.8 Å². The Labute approximate surface area is 205 Å². The number of pyridine rings is 1. The van der Waals surface area contributed by atoms with Gasteiger partial charge in [0.25, 0.3) is 5.56 Å². The van der Waals surface area contributed by atoms with Gasteiger partial charge in [0.2, 0.25) is 0 Å². The number of likely N-dealkylation sites (N-methyl/N-ethyl adjacent to an activating group) is 1. The van der Waals surface area contributed by atoms with Gasteiger partial charge < -0.3 is 14.5 Å². The lowest BCUT2D eigenvalue weighted by Crippen LogP contribution is -2.45. The number of halogens is 3. The Balaban J connectivity index is 1.59. The normalized spacial score (nSPS) is 14.9. The summed E-state index contributed by atoms with van der Waals surface area (Å²) in [5, 5.41) is 0.391. The fourth-order valence-corrected chi connectivity index (χ4v) is 4.32. The molecule has 185 valence electrons. The highest BCUT2D eigenvalue weighted by Crippen LogP contribution is 2.32. The minimum atomic E-state index is -4.84. The number of aromatic nitrogens is 3. The standard InChI is InChI=1S/C26H23F3N5O2/c1-17-11-19(15-30-14-17)18-3-5-21-22(12-18)31-16-34(25(21)35)23-6-4-20(36-26(27,28)29)13-24(23)33-9-7-32(2)8-10-33/h3,5-6,11-16H,7-10H2,1-2H3. The average Bonchev–Trinajstić information content (AvgIpc) is 2.84. The quantitative estimate of drug-likeness (QED) is 0.424. The van der Waals surface area contributed by atoms with Gasteiger partial charge in [-0.15, -0.1) is 13.2 Å². The molecule has 4 aromatic rings. The molecule has 0 amide bonds. The fourth-order valence-electron chi connectivity index (χ4n) is 4.32. The van der Waals surface area contributed by atoms with Gasteiger partial charge in [-0.2, -0.15) is 0 Å². The second kappa shape index (κ2) is 9.27. The van der Waals surface area contributed by atoms with Crippen molar-refractivity contribution in [3.63, 3.8) is 0 Å². The molecular weight excluding hydrogens is 471 g/mol. The van der Waals surface area contributed by atoms with E-state index >= 15 is 0 Å². The van der Waals surface area contributed by atoms with Crippen LogP contribution < -0.4 is 15.2 Å². The molecule has 7 nitrogen and oxygen atoms in total. The maximum Gasteiger partial charge on any atom is 0.573 e. The van der Waals surface area contributed by atoms with Crippen molar-refractivity contribution in [2.45, 2.75) is 13.3 Å². The van der Waals surface area contributed by atoms with Crippen LogP contribution in [0.2, 0.25) is 0 Å². The van der Waals surface area contributed by atoms with Crippen LogP contribution >= 0.6 is 0 Å². The number of rotatable bonds is 4. The van der Waals surface area contributed by atoms with Crippen LogP contribution in [0.15, 0.2) is 59.9 Å². The Bertz CT molecular complexity index is 1480. The monoisotopic (exact) mass is 494 g/mol. The van der Waals surface area contributed by atoms with Crippen LogP contribution in [0.25, 0.3) is 27.7 Å². The first-order valence-electron chi connectivity index (χ1n) is 11.4. The van der Waals surface area contributed by atoms with Crippen molar-refractivity contribution in [3.05, 3.63) is 77.1 Å². The summed E-state index contributed by atoms with van der Waals surface area (Å²) in [5.41, 5.74) is 3.83. The van der Waals surface area contributed by atoms with Crippen LogP contribution in [-0.4, -0.2) is 59.0 Å². The largest absolute Gasteiger partial charge is 0.573 e. The second-order valence-electron chi connectivity index (χ2n) is 8.81. The lowest BCUT2D eigenvalue weighted by molar-refractivity contribution is -0.274. The predicted octanol–water partition coefficient (Wildman–Crippen LogP) is 4.21. The van der Waals surface area contributed by atoms with Crippen LogP contribution in [0.5, 0.6) is 5.75 Å². The third-order valence-corrected chi connectivity index (χ3v) is 6.18. The first kappa shape index (κ1) is 23.8. The summed E-state index contributed by atoms with van der Waals surface area (Å²) in [6.45, 7) is 4.59. The molecule has 5 rings (SSSR count). The maximum atomic E-state index is 13.5. The number of piperazine rings is 1. The van der Waals surface area contributed by atoms with Crippen molar-refractivity contribution >= 4 is 16.6 Å². The summed E-state index contributed by atoms with van der Waals surface area (Å²) in [6, 6.07) is 12.5. The molecule has 0 N–H and O–H groups in total. The van der Waals surface area contributed by atoms with Gasteiger partial charge in [0, 0.05) is 56.3 Å². The number of hydrogen-bond donors (Lipinski definition) is 0. The predicted molar refractivity (Wildman–Crippen MR) is 131 cm³/mol. The molecule has 10 heteroatoms. The highest BCUT2D eigenvalue weighted by atomic mass is 19.4. The van der Waals surface area contributed by atoms with Gasteiger partial charge >= 0.3 is 6.36 Å². The fraction of sp³-hybridized carbons (Fsp3) is 0.269. The molecule has 1 radical (unpaired) electrons. The van der Waals surface area contributed by atoms with Gasteiger partial charge in [-0.1, -0.05) is 6.07 Å². The molecule has 3 heterocycles. The Morgan fingerprint density at radius 3 is 2.50 bits per heavy atom. The zero-order valence-electron chi connectivity index (χ0n) is 19.7. The first-order valence-corrected chi connectivity index (χ1v) is 11.4. The first-order chi connectivity index (χ1) is 17.2. The molecule has 0 bridgehead atoms. The maximum absolute atomic E-state index is 13.5. The highest BCUT2D eigenvalue weighted by molar-refractivity contribution is 5.84. The minimum absolute atomic E-state index is 0.331. The van der Waals surface area contributed by atoms with Gasteiger partial charge in [-0.25, -0.2) is 4.98 Å². The van der Waals surface area contributed by atoms with Gasteiger partial charge in [0.15, 0.2) is 0 Å². The molecule has 0 spiro atoms. The van der Waals surface area contributed by atoms with Crippen molar-refractivity contribution in [2.75, 3.05) is 38.1 Å². The molecule has 1 aliphatic heterocycles. The van der Waals surface area contributed by atoms with Crippen molar-refractivity contribution in [1.29, 1.82) is 0 Å². The van der Waals surface area contributed by atoms with E-state index in [-0.39, 0.29) is 5.56 Å². The molecule has 0 unspecified atom stereocenters. The summed E-state index contributed by atoms with van der Waals surface area (Å²) >= 11 is 0. The lowest BCUT2D eigenvalue weighted by atomic mass is 10.0.